The second-order valence-corrected chi connectivity index (χ2v) is 5.04. The molecule has 0 saturated carbocycles. The largest absolute Gasteiger partial charge is 0.448 e. The molecule has 0 aliphatic carbocycles. The number of benzene rings is 1. The molecule has 0 spiro atoms. The van der Waals surface area contributed by atoms with Crippen molar-refractivity contribution in [3.8, 4) is 11.5 Å². The highest BCUT2D eigenvalue weighted by Crippen LogP contribution is 2.35. The second kappa shape index (κ2) is 6.15. The predicted molar refractivity (Wildman–Crippen MR) is 75.7 cm³/mol. The number of nitro benzene ring substituents is 1. The Kier molecular flexibility index (Phi) is 4.49. The van der Waals surface area contributed by atoms with Crippen LogP contribution in [-0.2, 0) is 0 Å². The predicted octanol–water partition coefficient (Wildman–Crippen LogP) is 3.74. The quantitative estimate of drug-likeness (QED) is 0.666. The van der Waals surface area contributed by atoms with Crippen LogP contribution in [0.1, 0.15) is 18.7 Å². The number of aliphatic hydroxyl groups excluding tert-OH is 1. The Labute approximate surface area is 127 Å². The molecule has 0 saturated heterocycles. The molecular formula is C13H10BrFN2O4. The van der Waals surface area contributed by atoms with Crippen molar-refractivity contribution in [1.29, 1.82) is 0 Å². The smallest absolute Gasteiger partial charge is 0.312 e. The number of nitro groups is 1. The molecule has 2 aromatic rings. The zero-order chi connectivity index (χ0) is 15.6. The Bertz CT molecular complexity index is 677. The summed E-state index contributed by atoms with van der Waals surface area (Å²) in [5, 5.41) is 20.3. The first kappa shape index (κ1) is 15.3. The number of ether oxygens (including phenoxy) is 1. The first-order valence-electron chi connectivity index (χ1n) is 5.84. The van der Waals surface area contributed by atoms with Crippen molar-refractivity contribution >= 4 is 21.6 Å². The third-order valence-corrected chi connectivity index (χ3v) is 3.22. The first-order chi connectivity index (χ1) is 9.88. The topological polar surface area (TPSA) is 85.5 Å². The van der Waals surface area contributed by atoms with Crippen LogP contribution in [0.5, 0.6) is 11.5 Å². The summed E-state index contributed by atoms with van der Waals surface area (Å²) < 4.78 is 18.8. The van der Waals surface area contributed by atoms with E-state index in [0.29, 0.717) is 5.69 Å². The van der Waals surface area contributed by atoms with E-state index in [-0.39, 0.29) is 21.7 Å². The minimum Gasteiger partial charge on any atom is -0.448 e. The van der Waals surface area contributed by atoms with E-state index >= 15 is 0 Å². The fourth-order valence-electron chi connectivity index (χ4n) is 1.57. The number of pyridine rings is 1. The summed E-state index contributed by atoms with van der Waals surface area (Å²) >= 11 is 2.88. The van der Waals surface area contributed by atoms with Gasteiger partial charge in [-0.3, -0.25) is 15.1 Å². The third-order valence-electron chi connectivity index (χ3n) is 2.61. The zero-order valence-corrected chi connectivity index (χ0v) is 12.4. The number of rotatable bonds is 4. The van der Waals surface area contributed by atoms with Gasteiger partial charge in [-0.15, -0.1) is 0 Å². The number of halogens is 2. The Morgan fingerprint density at radius 3 is 2.71 bits per heavy atom. The summed E-state index contributed by atoms with van der Waals surface area (Å²) in [6.45, 7) is 1.55. The standard InChI is InChI=1S/C13H10BrFN2O4/c1-7(18)11-3-2-8(6-16-11)21-13-5-10(15)9(14)4-12(13)17(19)20/h2-7,18H,1H3. The fourth-order valence-corrected chi connectivity index (χ4v) is 1.90. The second-order valence-electron chi connectivity index (χ2n) is 4.19. The summed E-state index contributed by atoms with van der Waals surface area (Å²) in [5.74, 6) is -0.708. The molecule has 1 atom stereocenters. The van der Waals surface area contributed by atoms with Crippen molar-refractivity contribution in [2.24, 2.45) is 0 Å². The highest BCUT2D eigenvalue weighted by Gasteiger charge is 2.19. The van der Waals surface area contributed by atoms with E-state index in [0.717, 1.165) is 12.1 Å². The van der Waals surface area contributed by atoms with Crippen LogP contribution in [-0.4, -0.2) is 15.0 Å². The van der Waals surface area contributed by atoms with Crippen molar-refractivity contribution in [3.63, 3.8) is 0 Å². The molecule has 8 heteroatoms. The van der Waals surface area contributed by atoms with Gasteiger partial charge in [0, 0.05) is 12.1 Å². The van der Waals surface area contributed by atoms with E-state index < -0.39 is 16.8 Å². The molecule has 1 aromatic heterocycles. The van der Waals surface area contributed by atoms with E-state index in [4.69, 9.17) is 4.74 Å². The number of aromatic nitrogens is 1. The summed E-state index contributed by atoms with van der Waals surface area (Å²) in [6.07, 6.45) is 0.560. The van der Waals surface area contributed by atoms with Crippen molar-refractivity contribution in [1.82, 2.24) is 4.98 Å². The average Bonchev–Trinajstić information content (AvgIpc) is 2.43. The highest BCUT2D eigenvalue weighted by molar-refractivity contribution is 9.10. The van der Waals surface area contributed by atoms with Crippen molar-refractivity contribution in [2.75, 3.05) is 0 Å². The monoisotopic (exact) mass is 356 g/mol. The Balaban J connectivity index is 2.34. The SMILES string of the molecule is CC(O)c1ccc(Oc2cc(F)c(Br)cc2[N+](=O)[O-])cn1. The first-order valence-corrected chi connectivity index (χ1v) is 6.63. The van der Waals surface area contributed by atoms with Crippen LogP contribution in [0.4, 0.5) is 10.1 Å². The Morgan fingerprint density at radius 1 is 1.48 bits per heavy atom. The van der Waals surface area contributed by atoms with Gasteiger partial charge in [-0.25, -0.2) is 4.39 Å². The molecule has 0 aliphatic heterocycles. The molecule has 6 nitrogen and oxygen atoms in total. The summed E-state index contributed by atoms with van der Waals surface area (Å²) in [4.78, 5) is 14.2. The molecule has 0 amide bonds. The zero-order valence-electron chi connectivity index (χ0n) is 10.8. The van der Waals surface area contributed by atoms with Crippen molar-refractivity contribution < 1.29 is 19.2 Å². The third kappa shape index (κ3) is 3.53. The van der Waals surface area contributed by atoms with E-state index in [2.05, 4.69) is 20.9 Å². The molecule has 0 bridgehead atoms. The Morgan fingerprint density at radius 2 is 2.19 bits per heavy atom. The number of aliphatic hydroxyl groups is 1. The molecule has 21 heavy (non-hydrogen) atoms. The van der Waals surface area contributed by atoms with E-state index in [9.17, 15) is 19.6 Å². The fraction of sp³-hybridized carbons (Fsp3) is 0.154. The van der Waals surface area contributed by atoms with Crippen molar-refractivity contribution in [3.05, 3.63) is 56.6 Å². The van der Waals surface area contributed by atoms with Crippen LogP contribution in [0, 0.1) is 15.9 Å². The molecule has 110 valence electrons. The molecule has 0 fully saturated rings. The van der Waals surface area contributed by atoms with Gasteiger partial charge in [-0.1, -0.05) is 0 Å². The minimum absolute atomic E-state index is 0.0240. The summed E-state index contributed by atoms with van der Waals surface area (Å²) in [5.41, 5.74) is 0.0571. The van der Waals surface area contributed by atoms with Gasteiger partial charge in [0.15, 0.2) is 0 Å². The highest BCUT2D eigenvalue weighted by atomic mass is 79.9. The average molecular weight is 357 g/mol. The lowest BCUT2D eigenvalue weighted by Gasteiger charge is -2.08. The lowest BCUT2D eigenvalue weighted by molar-refractivity contribution is -0.385. The lowest BCUT2D eigenvalue weighted by atomic mass is 10.2. The van der Waals surface area contributed by atoms with Crippen LogP contribution in [0.15, 0.2) is 34.9 Å². The molecule has 0 aliphatic rings. The van der Waals surface area contributed by atoms with Crippen molar-refractivity contribution in [2.45, 2.75) is 13.0 Å². The van der Waals surface area contributed by atoms with E-state index in [1.54, 1.807) is 6.92 Å². The van der Waals surface area contributed by atoms with Gasteiger partial charge in [-0.05, 0) is 35.0 Å². The van der Waals surface area contributed by atoms with Gasteiger partial charge in [0.05, 0.1) is 27.4 Å². The van der Waals surface area contributed by atoms with Gasteiger partial charge in [0.2, 0.25) is 5.75 Å². The number of hydrogen-bond acceptors (Lipinski definition) is 5. The molecule has 2 rings (SSSR count). The van der Waals surface area contributed by atoms with E-state index in [1.165, 1.54) is 18.3 Å². The summed E-state index contributed by atoms with van der Waals surface area (Å²) in [7, 11) is 0. The maximum atomic E-state index is 13.5. The maximum absolute atomic E-state index is 13.5. The molecule has 1 unspecified atom stereocenters. The van der Waals surface area contributed by atoms with Crippen LogP contribution in [0.2, 0.25) is 0 Å². The summed E-state index contributed by atoms with van der Waals surface area (Å²) in [6, 6.07) is 4.95. The maximum Gasteiger partial charge on any atom is 0.312 e. The van der Waals surface area contributed by atoms with Gasteiger partial charge in [0.1, 0.15) is 11.6 Å². The van der Waals surface area contributed by atoms with Gasteiger partial charge < -0.3 is 9.84 Å². The van der Waals surface area contributed by atoms with Crippen LogP contribution >= 0.6 is 15.9 Å². The van der Waals surface area contributed by atoms with Crippen LogP contribution in [0.25, 0.3) is 0 Å². The lowest BCUT2D eigenvalue weighted by Crippen LogP contribution is -1.97. The normalized spacial score (nSPS) is 12.0. The molecule has 1 N–H and O–H groups in total. The van der Waals surface area contributed by atoms with Gasteiger partial charge >= 0.3 is 5.69 Å². The molecule has 1 heterocycles. The molecule has 0 radical (unpaired) electrons. The molecular weight excluding hydrogens is 347 g/mol. The van der Waals surface area contributed by atoms with Gasteiger partial charge in [0.25, 0.3) is 0 Å². The Hall–Kier alpha value is -2.06. The minimum atomic E-state index is -0.737. The molecule has 1 aromatic carbocycles. The number of nitrogens with zero attached hydrogens (tertiary/aromatic N) is 2. The number of hydrogen-bond donors (Lipinski definition) is 1. The van der Waals surface area contributed by atoms with Crippen LogP contribution < -0.4 is 4.74 Å². The van der Waals surface area contributed by atoms with E-state index in [1.807, 2.05) is 0 Å². The van der Waals surface area contributed by atoms with Gasteiger partial charge in [-0.2, -0.15) is 0 Å². The van der Waals surface area contributed by atoms with Crippen LogP contribution in [0.3, 0.4) is 0 Å².